The summed E-state index contributed by atoms with van der Waals surface area (Å²) in [6, 6.07) is 15.2. The Bertz CT molecular complexity index is 1020. The molecule has 154 valence electrons. The van der Waals surface area contributed by atoms with E-state index in [9.17, 15) is 9.59 Å². The van der Waals surface area contributed by atoms with Gasteiger partial charge in [0, 0.05) is 25.8 Å². The normalized spacial score (nSPS) is 19.2. The number of esters is 1. The number of likely N-dealkylation sites (N-methyl/N-ethyl adjacent to an activating group) is 1. The third-order valence-electron chi connectivity index (χ3n) is 5.16. The molecule has 4 rings (SSSR count). The number of benzene rings is 2. The van der Waals surface area contributed by atoms with E-state index in [1.165, 1.54) is 42.3 Å². The highest BCUT2D eigenvalue weighted by atomic mass is 32.2. The van der Waals surface area contributed by atoms with Gasteiger partial charge in [-0.1, -0.05) is 18.2 Å². The molecule has 2 aromatic carbocycles. The number of carbonyl (C=O) groups is 2. The minimum absolute atomic E-state index is 0.0912. The molecule has 0 aromatic heterocycles. The lowest BCUT2D eigenvalue weighted by Gasteiger charge is -2.17. The van der Waals surface area contributed by atoms with E-state index < -0.39 is 5.97 Å². The van der Waals surface area contributed by atoms with Gasteiger partial charge < -0.3 is 9.64 Å². The average Bonchev–Trinajstić information content (AvgIpc) is 3.39. The van der Waals surface area contributed by atoms with Crippen LogP contribution in [-0.2, 0) is 9.53 Å². The van der Waals surface area contributed by atoms with E-state index in [0.29, 0.717) is 21.3 Å². The number of carbonyl (C=O) groups excluding carboxylic acids is 2. The summed E-state index contributed by atoms with van der Waals surface area (Å²) in [4.78, 5) is 33.5. The monoisotopic (exact) mass is 421 g/mol. The molecule has 6 nitrogen and oxygen atoms in total. The Morgan fingerprint density at radius 3 is 2.57 bits per heavy atom. The predicted octanol–water partition coefficient (Wildman–Crippen LogP) is 4.31. The van der Waals surface area contributed by atoms with Gasteiger partial charge in [0.2, 0.25) is 0 Å². The van der Waals surface area contributed by atoms with E-state index in [0.717, 1.165) is 18.7 Å². The fourth-order valence-electron chi connectivity index (χ4n) is 3.49. The predicted molar refractivity (Wildman–Crippen MR) is 121 cm³/mol. The number of thioether (sulfide) groups is 1. The third kappa shape index (κ3) is 4.26. The van der Waals surface area contributed by atoms with Crippen LogP contribution in [-0.4, -0.2) is 49.2 Å². The summed E-state index contributed by atoms with van der Waals surface area (Å²) in [5, 5.41) is 0.571. The summed E-state index contributed by atoms with van der Waals surface area (Å²) in [7, 11) is 3.05. The average molecular weight is 422 g/mol. The molecule has 0 radical (unpaired) electrons. The molecular weight excluding hydrogens is 398 g/mol. The van der Waals surface area contributed by atoms with Gasteiger partial charge in [-0.25, -0.2) is 9.79 Å². The molecule has 0 spiro atoms. The number of amides is 1. The van der Waals surface area contributed by atoms with Crippen molar-refractivity contribution in [3.63, 3.8) is 0 Å². The van der Waals surface area contributed by atoms with Gasteiger partial charge in [0.25, 0.3) is 5.91 Å². The maximum absolute atomic E-state index is 12.7. The first-order valence-electron chi connectivity index (χ1n) is 9.85. The lowest BCUT2D eigenvalue weighted by molar-refractivity contribution is -0.121. The highest BCUT2D eigenvalue weighted by Crippen LogP contribution is 2.33. The van der Waals surface area contributed by atoms with Crippen molar-refractivity contribution in [2.75, 3.05) is 32.1 Å². The van der Waals surface area contributed by atoms with Crippen LogP contribution in [0, 0.1) is 0 Å². The number of hydrogen-bond donors (Lipinski definition) is 0. The minimum Gasteiger partial charge on any atom is -0.465 e. The Morgan fingerprint density at radius 1 is 1.13 bits per heavy atom. The summed E-state index contributed by atoms with van der Waals surface area (Å²) in [5.74, 6) is -0.509. The van der Waals surface area contributed by atoms with E-state index in [2.05, 4.69) is 22.0 Å². The number of aliphatic imine (C=N–C) groups is 1. The minimum atomic E-state index is -0.418. The first-order valence-corrected chi connectivity index (χ1v) is 10.7. The van der Waals surface area contributed by atoms with Crippen LogP contribution in [0.4, 0.5) is 11.4 Å². The second-order valence-electron chi connectivity index (χ2n) is 7.20. The van der Waals surface area contributed by atoms with Crippen molar-refractivity contribution >= 4 is 46.3 Å². The Morgan fingerprint density at radius 2 is 1.87 bits per heavy atom. The van der Waals surface area contributed by atoms with Crippen molar-refractivity contribution < 1.29 is 14.3 Å². The van der Waals surface area contributed by atoms with Crippen LogP contribution in [0.15, 0.2) is 58.4 Å². The summed E-state index contributed by atoms with van der Waals surface area (Å²) in [5.41, 5.74) is 3.22. The lowest BCUT2D eigenvalue weighted by atomic mass is 10.2. The molecular formula is C23H23N3O3S. The summed E-state index contributed by atoms with van der Waals surface area (Å²) in [6.45, 7) is 2.22. The van der Waals surface area contributed by atoms with Crippen molar-refractivity contribution in [1.29, 1.82) is 0 Å². The van der Waals surface area contributed by atoms with E-state index in [1.807, 2.05) is 18.2 Å². The van der Waals surface area contributed by atoms with Crippen LogP contribution in [0.3, 0.4) is 0 Å². The Kier molecular flexibility index (Phi) is 5.90. The van der Waals surface area contributed by atoms with Crippen molar-refractivity contribution in [3.05, 3.63) is 64.6 Å². The highest BCUT2D eigenvalue weighted by Gasteiger charge is 2.30. The van der Waals surface area contributed by atoms with Crippen LogP contribution in [0.2, 0.25) is 0 Å². The topological polar surface area (TPSA) is 62.2 Å². The van der Waals surface area contributed by atoms with Gasteiger partial charge in [-0.05, 0) is 66.6 Å². The van der Waals surface area contributed by atoms with E-state index >= 15 is 0 Å². The molecule has 2 aliphatic rings. The number of anilines is 1. The van der Waals surface area contributed by atoms with Crippen molar-refractivity contribution in [3.8, 4) is 0 Å². The SMILES string of the molecule is COC(=O)c1cccc(N=C2SC(=Cc3ccc(N4CCCC4)cc3)C(=O)N2C)c1. The van der Waals surface area contributed by atoms with Gasteiger partial charge in [0.1, 0.15) is 0 Å². The zero-order valence-electron chi connectivity index (χ0n) is 17.0. The van der Waals surface area contributed by atoms with E-state index in [-0.39, 0.29) is 5.91 Å². The molecule has 0 aliphatic carbocycles. The highest BCUT2D eigenvalue weighted by molar-refractivity contribution is 8.18. The molecule has 0 bridgehead atoms. The summed E-state index contributed by atoms with van der Waals surface area (Å²) >= 11 is 1.33. The smallest absolute Gasteiger partial charge is 0.337 e. The molecule has 2 fully saturated rings. The van der Waals surface area contributed by atoms with Crippen LogP contribution in [0.1, 0.15) is 28.8 Å². The maximum Gasteiger partial charge on any atom is 0.337 e. The van der Waals surface area contributed by atoms with Crippen molar-refractivity contribution in [2.45, 2.75) is 12.8 Å². The number of amidine groups is 1. The number of rotatable bonds is 4. The van der Waals surface area contributed by atoms with Crippen molar-refractivity contribution in [2.24, 2.45) is 4.99 Å². The largest absolute Gasteiger partial charge is 0.465 e. The Balaban J connectivity index is 1.53. The Labute approximate surface area is 180 Å². The molecule has 7 heteroatoms. The quantitative estimate of drug-likeness (QED) is 0.544. The number of hydrogen-bond acceptors (Lipinski definition) is 6. The fraction of sp³-hybridized carbons (Fsp3) is 0.261. The second-order valence-corrected chi connectivity index (χ2v) is 8.21. The van der Waals surface area contributed by atoms with Crippen LogP contribution in [0.5, 0.6) is 0 Å². The van der Waals surface area contributed by atoms with Gasteiger partial charge in [-0.2, -0.15) is 0 Å². The number of ether oxygens (including phenoxy) is 1. The van der Waals surface area contributed by atoms with Crippen molar-refractivity contribution in [1.82, 2.24) is 4.90 Å². The number of nitrogens with zero attached hydrogens (tertiary/aromatic N) is 3. The molecule has 0 unspecified atom stereocenters. The van der Waals surface area contributed by atoms with E-state index in [4.69, 9.17) is 4.74 Å². The fourth-order valence-corrected chi connectivity index (χ4v) is 4.48. The summed E-state index contributed by atoms with van der Waals surface area (Å²) < 4.78 is 4.75. The maximum atomic E-state index is 12.7. The third-order valence-corrected chi connectivity index (χ3v) is 6.22. The van der Waals surface area contributed by atoms with Gasteiger partial charge in [0.05, 0.1) is 23.3 Å². The van der Waals surface area contributed by atoms with Gasteiger partial charge in [-0.3, -0.25) is 9.69 Å². The molecule has 2 heterocycles. The molecule has 0 N–H and O–H groups in total. The van der Waals surface area contributed by atoms with Crippen LogP contribution >= 0.6 is 11.8 Å². The second kappa shape index (κ2) is 8.75. The van der Waals surface area contributed by atoms with E-state index in [1.54, 1.807) is 31.3 Å². The zero-order valence-corrected chi connectivity index (χ0v) is 17.8. The first-order chi connectivity index (χ1) is 14.5. The Hall–Kier alpha value is -3.06. The van der Waals surface area contributed by atoms with Gasteiger partial charge >= 0.3 is 5.97 Å². The number of methoxy groups -OCH3 is 1. The molecule has 30 heavy (non-hydrogen) atoms. The molecule has 2 saturated heterocycles. The van der Waals surface area contributed by atoms with Crippen LogP contribution in [0.25, 0.3) is 6.08 Å². The standard InChI is InChI=1S/C23H23N3O3S/c1-25-21(27)20(14-16-8-10-19(11-9-16)26-12-3-4-13-26)30-23(25)24-18-7-5-6-17(15-18)22(28)29-2/h5-11,14-15H,3-4,12-13H2,1-2H3. The first kappa shape index (κ1) is 20.2. The molecule has 0 saturated carbocycles. The lowest BCUT2D eigenvalue weighted by Crippen LogP contribution is -2.23. The molecule has 0 atom stereocenters. The van der Waals surface area contributed by atoms with Crippen LogP contribution < -0.4 is 4.90 Å². The zero-order chi connectivity index (χ0) is 21.1. The molecule has 2 aliphatic heterocycles. The van der Waals surface area contributed by atoms with Gasteiger partial charge in [-0.15, -0.1) is 0 Å². The summed E-state index contributed by atoms with van der Waals surface area (Å²) in [6.07, 6.45) is 4.38. The molecule has 2 aromatic rings. The molecule has 1 amide bonds. The van der Waals surface area contributed by atoms with Gasteiger partial charge in [0.15, 0.2) is 5.17 Å².